The Kier molecular flexibility index (Phi) is 5.16. The third-order valence-electron chi connectivity index (χ3n) is 2.59. The molecule has 0 unspecified atom stereocenters. The molecule has 19 heavy (non-hydrogen) atoms. The van der Waals surface area contributed by atoms with Gasteiger partial charge in [0, 0.05) is 27.0 Å². The van der Waals surface area contributed by atoms with Crippen molar-refractivity contribution in [3.05, 3.63) is 53.8 Å². The van der Waals surface area contributed by atoms with Crippen LogP contribution in [0.5, 0.6) is 0 Å². The summed E-state index contributed by atoms with van der Waals surface area (Å²) in [7, 11) is 0. The van der Waals surface area contributed by atoms with Crippen LogP contribution in [0.3, 0.4) is 0 Å². The van der Waals surface area contributed by atoms with E-state index in [-0.39, 0.29) is 5.82 Å². The molecule has 4 heteroatoms. The van der Waals surface area contributed by atoms with Gasteiger partial charge in [-0.15, -0.1) is 23.5 Å². The number of anilines is 1. The van der Waals surface area contributed by atoms with E-state index >= 15 is 0 Å². The number of benzene rings is 2. The Morgan fingerprint density at radius 2 is 1.68 bits per heavy atom. The number of halogens is 1. The monoisotopic (exact) mass is 293 g/mol. The normalized spacial score (nSPS) is 10.6. The summed E-state index contributed by atoms with van der Waals surface area (Å²) in [5.74, 6) is 1.77. The van der Waals surface area contributed by atoms with E-state index in [9.17, 15) is 4.39 Å². The summed E-state index contributed by atoms with van der Waals surface area (Å²) >= 11 is 3.49. The van der Waals surface area contributed by atoms with Crippen LogP contribution in [0, 0.1) is 12.7 Å². The zero-order valence-electron chi connectivity index (χ0n) is 10.7. The number of aryl methyl sites for hydroxylation is 1. The van der Waals surface area contributed by atoms with Gasteiger partial charge in [0.25, 0.3) is 0 Å². The number of hydrogen-bond acceptors (Lipinski definition) is 3. The Morgan fingerprint density at radius 1 is 1.00 bits per heavy atom. The average molecular weight is 293 g/mol. The molecule has 0 spiro atoms. The van der Waals surface area contributed by atoms with Gasteiger partial charge in [-0.3, -0.25) is 0 Å². The summed E-state index contributed by atoms with van der Waals surface area (Å²) in [6.07, 6.45) is 0. The minimum Gasteiger partial charge on any atom is -0.398 e. The topological polar surface area (TPSA) is 26.0 Å². The first-order valence-electron chi connectivity index (χ1n) is 6.02. The van der Waals surface area contributed by atoms with Crippen molar-refractivity contribution in [1.29, 1.82) is 0 Å². The van der Waals surface area contributed by atoms with E-state index in [1.54, 1.807) is 23.5 Å². The van der Waals surface area contributed by atoms with Crippen LogP contribution in [-0.4, -0.2) is 11.5 Å². The van der Waals surface area contributed by atoms with E-state index in [2.05, 4.69) is 12.1 Å². The van der Waals surface area contributed by atoms with Crippen molar-refractivity contribution in [2.45, 2.75) is 16.7 Å². The maximum atomic E-state index is 12.7. The molecule has 0 aliphatic carbocycles. The second-order valence-corrected chi connectivity index (χ2v) is 6.50. The van der Waals surface area contributed by atoms with E-state index in [0.29, 0.717) is 0 Å². The maximum Gasteiger partial charge on any atom is 0.123 e. The second kappa shape index (κ2) is 6.87. The molecule has 2 aromatic carbocycles. The van der Waals surface area contributed by atoms with Crippen LogP contribution in [0.15, 0.2) is 52.3 Å². The van der Waals surface area contributed by atoms with Gasteiger partial charge < -0.3 is 5.73 Å². The first kappa shape index (κ1) is 14.3. The third-order valence-corrected chi connectivity index (χ3v) is 4.95. The lowest BCUT2D eigenvalue weighted by Crippen LogP contribution is -1.91. The fraction of sp³-hybridized carbons (Fsp3) is 0.200. The number of rotatable bonds is 5. The molecule has 1 nitrogen and oxygen atoms in total. The SMILES string of the molecule is Cc1ccc(SCCSc2ccc(F)cc2)c(N)c1. The van der Waals surface area contributed by atoms with Crippen LogP contribution in [0.2, 0.25) is 0 Å². The molecule has 0 heterocycles. The van der Waals surface area contributed by atoms with Gasteiger partial charge in [-0.25, -0.2) is 4.39 Å². The molecular weight excluding hydrogens is 277 g/mol. The van der Waals surface area contributed by atoms with Crippen molar-refractivity contribution in [3.8, 4) is 0 Å². The van der Waals surface area contributed by atoms with E-state index < -0.39 is 0 Å². The van der Waals surface area contributed by atoms with Crippen molar-refractivity contribution in [2.75, 3.05) is 17.2 Å². The Morgan fingerprint density at radius 3 is 2.37 bits per heavy atom. The van der Waals surface area contributed by atoms with Crippen molar-refractivity contribution in [3.63, 3.8) is 0 Å². The molecule has 100 valence electrons. The average Bonchev–Trinajstić information content (AvgIpc) is 2.39. The standard InChI is InChI=1S/C15H16FNS2/c1-11-2-7-15(14(17)10-11)19-9-8-18-13-5-3-12(16)4-6-13/h2-7,10H,8-9,17H2,1H3. The van der Waals surface area contributed by atoms with E-state index in [1.807, 2.05) is 25.1 Å². The summed E-state index contributed by atoms with van der Waals surface area (Å²) in [6.45, 7) is 2.04. The van der Waals surface area contributed by atoms with E-state index in [1.165, 1.54) is 17.7 Å². The Labute approximate surface area is 121 Å². The number of nitrogens with two attached hydrogens (primary N) is 1. The molecule has 0 aromatic heterocycles. The molecule has 0 aliphatic heterocycles. The Balaban J connectivity index is 1.79. The molecule has 0 amide bonds. The van der Waals surface area contributed by atoms with Crippen LogP contribution in [0.25, 0.3) is 0 Å². The number of hydrogen-bond donors (Lipinski definition) is 1. The molecule has 2 aromatic rings. The van der Waals surface area contributed by atoms with E-state index in [4.69, 9.17) is 5.73 Å². The van der Waals surface area contributed by atoms with Gasteiger partial charge >= 0.3 is 0 Å². The van der Waals surface area contributed by atoms with Gasteiger partial charge in [0.1, 0.15) is 5.82 Å². The molecule has 2 rings (SSSR count). The van der Waals surface area contributed by atoms with Crippen molar-refractivity contribution < 1.29 is 4.39 Å². The highest BCUT2D eigenvalue weighted by molar-refractivity contribution is 8.03. The van der Waals surface area contributed by atoms with Crippen LogP contribution in [0.1, 0.15) is 5.56 Å². The zero-order chi connectivity index (χ0) is 13.7. The van der Waals surface area contributed by atoms with E-state index in [0.717, 1.165) is 27.0 Å². The van der Waals surface area contributed by atoms with Gasteiger partial charge in [-0.1, -0.05) is 6.07 Å². The fourth-order valence-electron chi connectivity index (χ4n) is 1.64. The Bertz CT molecular complexity index is 540. The molecule has 0 radical (unpaired) electrons. The molecular formula is C15H16FNS2. The highest BCUT2D eigenvalue weighted by atomic mass is 32.2. The van der Waals surface area contributed by atoms with Crippen molar-refractivity contribution in [2.24, 2.45) is 0 Å². The number of thioether (sulfide) groups is 2. The van der Waals surface area contributed by atoms with Crippen LogP contribution in [0.4, 0.5) is 10.1 Å². The van der Waals surface area contributed by atoms with Crippen LogP contribution in [-0.2, 0) is 0 Å². The summed E-state index contributed by atoms with van der Waals surface area (Å²) < 4.78 is 12.7. The number of nitrogen functional groups attached to an aromatic ring is 1. The minimum absolute atomic E-state index is 0.189. The molecule has 0 aliphatic rings. The molecule has 0 atom stereocenters. The summed E-state index contributed by atoms with van der Waals surface area (Å²) in [5, 5.41) is 0. The largest absolute Gasteiger partial charge is 0.398 e. The van der Waals surface area contributed by atoms with Gasteiger partial charge in [0.05, 0.1) is 0 Å². The Hall–Kier alpha value is -1.13. The maximum absolute atomic E-state index is 12.7. The van der Waals surface area contributed by atoms with Crippen LogP contribution < -0.4 is 5.73 Å². The van der Waals surface area contributed by atoms with Crippen molar-refractivity contribution in [1.82, 2.24) is 0 Å². The summed E-state index contributed by atoms with van der Waals surface area (Å²) in [5.41, 5.74) is 7.99. The van der Waals surface area contributed by atoms with Crippen molar-refractivity contribution >= 4 is 29.2 Å². The highest BCUT2D eigenvalue weighted by Gasteiger charge is 2.01. The van der Waals surface area contributed by atoms with Gasteiger partial charge in [0.15, 0.2) is 0 Å². The predicted octanol–water partition coefficient (Wildman–Crippen LogP) is 4.60. The lowest BCUT2D eigenvalue weighted by atomic mass is 10.2. The summed E-state index contributed by atoms with van der Waals surface area (Å²) in [4.78, 5) is 2.23. The minimum atomic E-state index is -0.189. The first-order valence-corrected chi connectivity index (χ1v) is 7.99. The summed E-state index contributed by atoms with van der Waals surface area (Å²) in [6, 6.07) is 12.7. The third kappa shape index (κ3) is 4.48. The smallest absolute Gasteiger partial charge is 0.123 e. The first-order chi connectivity index (χ1) is 9.15. The molecule has 0 fully saturated rings. The lowest BCUT2D eigenvalue weighted by Gasteiger charge is -2.06. The second-order valence-electron chi connectivity index (χ2n) is 4.19. The highest BCUT2D eigenvalue weighted by Crippen LogP contribution is 2.27. The molecule has 0 saturated carbocycles. The molecule has 2 N–H and O–H groups in total. The quantitative estimate of drug-likeness (QED) is 0.495. The van der Waals surface area contributed by atoms with Gasteiger partial charge in [-0.05, 0) is 48.9 Å². The van der Waals surface area contributed by atoms with Crippen LogP contribution >= 0.6 is 23.5 Å². The van der Waals surface area contributed by atoms with Gasteiger partial charge in [-0.2, -0.15) is 0 Å². The molecule has 0 bridgehead atoms. The lowest BCUT2D eigenvalue weighted by molar-refractivity contribution is 0.626. The van der Waals surface area contributed by atoms with Gasteiger partial charge in [0.2, 0.25) is 0 Å². The molecule has 0 saturated heterocycles. The predicted molar refractivity (Wildman–Crippen MR) is 83.4 cm³/mol. The zero-order valence-corrected chi connectivity index (χ0v) is 12.4. The fourth-order valence-corrected chi connectivity index (χ4v) is 3.48.